The summed E-state index contributed by atoms with van der Waals surface area (Å²) in [5.41, 5.74) is 5.21. The average Bonchev–Trinajstić information content (AvgIpc) is 3.13. The molecular formula is C25H31N3. The van der Waals surface area contributed by atoms with Crippen molar-refractivity contribution >= 4 is 11.5 Å². The number of nitrogens with one attached hydrogen (secondary N) is 2. The van der Waals surface area contributed by atoms with Crippen LogP contribution in [0.5, 0.6) is 0 Å². The highest BCUT2D eigenvalue weighted by atomic mass is 15.1. The molecule has 1 aliphatic rings. The Bertz CT molecular complexity index is 868. The van der Waals surface area contributed by atoms with Gasteiger partial charge in [0.2, 0.25) is 0 Å². The summed E-state index contributed by atoms with van der Waals surface area (Å²) in [6.07, 6.45) is 3.15. The van der Waals surface area contributed by atoms with Gasteiger partial charge in [0.05, 0.1) is 6.54 Å². The van der Waals surface area contributed by atoms with Crippen LogP contribution in [-0.2, 0) is 6.42 Å². The van der Waals surface area contributed by atoms with Crippen LogP contribution in [0.1, 0.15) is 44.7 Å². The van der Waals surface area contributed by atoms with E-state index in [2.05, 4.69) is 111 Å². The molecule has 0 aromatic heterocycles. The topological polar surface area (TPSA) is 36.4 Å². The summed E-state index contributed by atoms with van der Waals surface area (Å²) in [5, 5.41) is 6.58. The van der Waals surface area contributed by atoms with Crippen molar-refractivity contribution in [3.8, 4) is 0 Å². The van der Waals surface area contributed by atoms with E-state index in [9.17, 15) is 0 Å². The molecule has 0 saturated carbocycles. The minimum absolute atomic E-state index is 0.147. The molecule has 0 radical (unpaired) electrons. The molecule has 0 spiro atoms. The highest BCUT2D eigenvalue weighted by Crippen LogP contribution is 2.27. The Morgan fingerprint density at radius 2 is 1.71 bits per heavy atom. The minimum Gasteiger partial charge on any atom is -0.342 e. The maximum Gasteiger partial charge on any atom is 0.126 e. The fourth-order valence-corrected chi connectivity index (χ4v) is 3.29. The number of nitrogens with zero attached hydrogens (tertiary/aromatic N) is 1. The van der Waals surface area contributed by atoms with E-state index < -0.39 is 0 Å². The van der Waals surface area contributed by atoms with Crippen LogP contribution in [0.2, 0.25) is 0 Å². The van der Waals surface area contributed by atoms with Gasteiger partial charge in [-0.3, -0.25) is 4.99 Å². The third kappa shape index (κ3) is 5.35. The van der Waals surface area contributed by atoms with Crippen LogP contribution in [-0.4, -0.2) is 12.4 Å². The van der Waals surface area contributed by atoms with Crippen molar-refractivity contribution in [2.45, 2.75) is 40.0 Å². The molecule has 1 heterocycles. The highest BCUT2D eigenvalue weighted by molar-refractivity contribution is 5.97. The first-order chi connectivity index (χ1) is 13.3. The average molecular weight is 374 g/mol. The fraction of sp³-hybridized carbons (Fsp3) is 0.320. The van der Waals surface area contributed by atoms with E-state index in [4.69, 9.17) is 0 Å². The van der Waals surface area contributed by atoms with Crippen LogP contribution >= 0.6 is 0 Å². The normalized spacial score (nSPS) is 14.9. The van der Waals surface area contributed by atoms with Gasteiger partial charge in [0.25, 0.3) is 0 Å². The van der Waals surface area contributed by atoms with E-state index in [1.807, 2.05) is 0 Å². The first kappa shape index (κ1) is 19.9. The van der Waals surface area contributed by atoms with Crippen molar-refractivity contribution in [3.63, 3.8) is 0 Å². The van der Waals surface area contributed by atoms with Gasteiger partial charge >= 0.3 is 0 Å². The molecule has 146 valence electrons. The standard InChI is InChI=1S/C25H31N3/c1-18(21-9-7-6-8-10-21)15-20-11-13-23(14-12-20)27-19(2)28-24-16-22(17-26-24)25(3,4)5/h6-14,16,18,27H,2,15,17H2,1,3-5H3,(H,26,28). The molecule has 1 atom stereocenters. The summed E-state index contributed by atoms with van der Waals surface area (Å²) in [6, 6.07) is 19.2. The van der Waals surface area contributed by atoms with Gasteiger partial charge in [-0.25, -0.2) is 0 Å². The number of aliphatic imine (C=N–C) groups is 1. The zero-order chi connectivity index (χ0) is 20.1. The maximum atomic E-state index is 4.55. The van der Waals surface area contributed by atoms with Gasteiger partial charge in [-0.2, -0.15) is 0 Å². The van der Waals surface area contributed by atoms with Crippen LogP contribution in [0.3, 0.4) is 0 Å². The SMILES string of the molecule is C=C(NC1=NCC(C(C)(C)C)=C1)Nc1ccc(CC(C)c2ccccc2)cc1. The summed E-state index contributed by atoms with van der Waals surface area (Å²) < 4.78 is 0. The molecular weight excluding hydrogens is 342 g/mol. The summed E-state index contributed by atoms with van der Waals surface area (Å²) in [5.74, 6) is 2.10. The summed E-state index contributed by atoms with van der Waals surface area (Å²) in [7, 11) is 0. The lowest BCUT2D eigenvalue weighted by atomic mass is 9.87. The van der Waals surface area contributed by atoms with Crippen LogP contribution in [0.15, 0.2) is 83.6 Å². The Hall–Kier alpha value is -2.81. The van der Waals surface area contributed by atoms with Gasteiger partial charge in [-0.1, -0.05) is 76.7 Å². The zero-order valence-corrected chi connectivity index (χ0v) is 17.4. The third-order valence-corrected chi connectivity index (χ3v) is 5.13. The predicted molar refractivity (Wildman–Crippen MR) is 121 cm³/mol. The lowest BCUT2D eigenvalue weighted by Crippen LogP contribution is -2.24. The first-order valence-corrected chi connectivity index (χ1v) is 9.93. The summed E-state index contributed by atoms with van der Waals surface area (Å²) >= 11 is 0. The van der Waals surface area contributed by atoms with Gasteiger partial charge in [-0.05, 0) is 52.7 Å². The van der Waals surface area contributed by atoms with E-state index in [0.29, 0.717) is 5.92 Å². The molecule has 2 aromatic rings. The number of anilines is 1. The van der Waals surface area contributed by atoms with Crippen LogP contribution in [0.25, 0.3) is 0 Å². The highest BCUT2D eigenvalue weighted by Gasteiger charge is 2.21. The van der Waals surface area contributed by atoms with Gasteiger partial charge < -0.3 is 10.6 Å². The number of benzene rings is 2. The monoisotopic (exact) mass is 373 g/mol. The number of rotatable bonds is 6. The Labute approximate surface area is 169 Å². The number of hydrogen-bond donors (Lipinski definition) is 2. The molecule has 0 amide bonds. The molecule has 28 heavy (non-hydrogen) atoms. The van der Waals surface area contributed by atoms with Gasteiger partial charge in [0.1, 0.15) is 11.7 Å². The second kappa shape index (κ2) is 8.47. The van der Waals surface area contributed by atoms with Crippen LogP contribution < -0.4 is 10.6 Å². The minimum atomic E-state index is 0.147. The Kier molecular flexibility index (Phi) is 6.03. The molecule has 2 N–H and O–H groups in total. The number of hydrogen-bond acceptors (Lipinski definition) is 3. The quantitative estimate of drug-likeness (QED) is 0.662. The Balaban J connectivity index is 1.53. The predicted octanol–water partition coefficient (Wildman–Crippen LogP) is 5.89. The molecule has 0 saturated heterocycles. The summed E-state index contributed by atoms with van der Waals surface area (Å²) in [4.78, 5) is 4.55. The summed E-state index contributed by atoms with van der Waals surface area (Å²) in [6.45, 7) is 13.7. The number of amidine groups is 1. The van der Waals surface area contributed by atoms with Crippen molar-refractivity contribution in [1.29, 1.82) is 0 Å². The molecule has 1 aliphatic heterocycles. The molecule has 0 bridgehead atoms. The second-order valence-electron chi connectivity index (χ2n) is 8.56. The van der Waals surface area contributed by atoms with Crippen molar-refractivity contribution in [2.75, 3.05) is 11.9 Å². The lowest BCUT2D eigenvalue weighted by molar-refractivity contribution is 0.499. The third-order valence-electron chi connectivity index (χ3n) is 5.13. The molecule has 3 rings (SSSR count). The van der Waals surface area contributed by atoms with E-state index >= 15 is 0 Å². The van der Waals surface area contributed by atoms with Crippen molar-refractivity contribution in [1.82, 2.24) is 5.32 Å². The van der Waals surface area contributed by atoms with E-state index in [1.54, 1.807) is 0 Å². The smallest absolute Gasteiger partial charge is 0.126 e. The van der Waals surface area contributed by atoms with Crippen LogP contribution in [0, 0.1) is 5.41 Å². The molecule has 1 unspecified atom stereocenters. The maximum absolute atomic E-state index is 4.55. The Morgan fingerprint density at radius 3 is 2.32 bits per heavy atom. The zero-order valence-electron chi connectivity index (χ0n) is 17.4. The second-order valence-corrected chi connectivity index (χ2v) is 8.56. The molecule has 0 aliphatic carbocycles. The largest absolute Gasteiger partial charge is 0.342 e. The van der Waals surface area contributed by atoms with Gasteiger partial charge in [0.15, 0.2) is 0 Å². The van der Waals surface area contributed by atoms with Gasteiger partial charge in [-0.15, -0.1) is 0 Å². The van der Waals surface area contributed by atoms with E-state index in [-0.39, 0.29) is 5.41 Å². The molecule has 3 heteroatoms. The van der Waals surface area contributed by atoms with E-state index in [0.717, 1.165) is 30.3 Å². The van der Waals surface area contributed by atoms with Crippen LogP contribution in [0.4, 0.5) is 5.69 Å². The van der Waals surface area contributed by atoms with Crippen molar-refractivity contribution < 1.29 is 0 Å². The molecule has 0 fully saturated rings. The fourth-order valence-electron chi connectivity index (χ4n) is 3.29. The first-order valence-electron chi connectivity index (χ1n) is 9.93. The van der Waals surface area contributed by atoms with Crippen molar-refractivity contribution in [2.24, 2.45) is 10.4 Å². The van der Waals surface area contributed by atoms with Gasteiger partial charge in [0, 0.05) is 5.69 Å². The van der Waals surface area contributed by atoms with E-state index in [1.165, 1.54) is 16.7 Å². The molecule has 3 nitrogen and oxygen atoms in total. The Morgan fingerprint density at radius 1 is 1.04 bits per heavy atom. The lowest BCUT2D eigenvalue weighted by Gasteiger charge is -2.18. The molecule has 2 aromatic carbocycles. The van der Waals surface area contributed by atoms with Crippen molar-refractivity contribution in [3.05, 3.63) is 89.8 Å².